The van der Waals surface area contributed by atoms with Gasteiger partial charge in [-0.3, -0.25) is 0 Å². The number of nitrogens with zero attached hydrogens (tertiary/aromatic N) is 3. The van der Waals surface area contributed by atoms with Gasteiger partial charge in [-0.2, -0.15) is 4.98 Å². The van der Waals surface area contributed by atoms with Crippen molar-refractivity contribution in [2.75, 3.05) is 30.9 Å². The Bertz CT molecular complexity index is 325. The molecular formula is C11H19BrN4. The lowest BCUT2D eigenvalue weighted by molar-refractivity contribution is 0.852. The minimum Gasteiger partial charge on any atom is -0.369 e. The summed E-state index contributed by atoms with van der Waals surface area (Å²) in [7, 11) is 3.91. The molecule has 0 bridgehead atoms. The van der Waals surface area contributed by atoms with E-state index in [0.29, 0.717) is 0 Å². The Morgan fingerprint density at radius 2 is 1.94 bits per heavy atom. The first-order valence-corrected chi connectivity index (χ1v) is 6.37. The Labute approximate surface area is 106 Å². The molecule has 0 aromatic carbocycles. The van der Waals surface area contributed by atoms with Gasteiger partial charge < -0.3 is 10.2 Å². The third-order valence-electron chi connectivity index (χ3n) is 2.14. The molecular weight excluding hydrogens is 268 g/mol. The van der Waals surface area contributed by atoms with Gasteiger partial charge in [0, 0.05) is 20.6 Å². The average molecular weight is 287 g/mol. The maximum absolute atomic E-state index is 4.53. The molecule has 0 atom stereocenters. The van der Waals surface area contributed by atoms with E-state index in [1.54, 1.807) is 0 Å². The Morgan fingerprint density at radius 1 is 1.25 bits per heavy atom. The first kappa shape index (κ1) is 13.2. The van der Waals surface area contributed by atoms with Gasteiger partial charge in [-0.25, -0.2) is 4.98 Å². The highest BCUT2D eigenvalue weighted by molar-refractivity contribution is 9.10. The average Bonchev–Trinajstić information content (AvgIpc) is 2.24. The first-order chi connectivity index (χ1) is 7.60. The second-order valence-corrected chi connectivity index (χ2v) is 4.60. The smallest absolute Gasteiger partial charge is 0.227 e. The molecule has 16 heavy (non-hydrogen) atoms. The van der Waals surface area contributed by atoms with Crippen molar-refractivity contribution < 1.29 is 0 Å². The van der Waals surface area contributed by atoms with Crippen molar-refractivity contribution in [2.45, 2.75) is 26.7 Å². The van der Waals surface area contributed by atoms with Crippen LogP contribution in [0.1, 0.15) is 26.0 Å². The normalized spacial score (nSPS) is 10.3. The van der Waals surface area contributed by atoms with E-state index < -0.39 is 0 Å². The Balaban J connectivity index is 3.16. The minimum atomic E-state index is 0.752. The summed E-state index contributed by atoms with van der Waals surface area (Å²) in [6.07, 6.45) is 2.04. The summed E-state index contributed by atoms with van der Waals surface area (Å²) in [6, 6.07) is 0. The molecule has 1 N–H and O–H groups in total. The van der Waals surface area contributed by atoms with Crippen LogP contribution in [0.25, 0.3) is 0 Å². The van der Waals surface area contributed by atoms with E-state index in [-0.39, 0.29) is 0 Å². The number of anilines is 2. The van der Waals surface area contributed by atoms with Crippen molar-refractivity contribution in [1.82, 2.24) is 9.97 Å². The van der Waals surface area contributed by atoms with E-state index in [1.165, 1.54) is 0 Å². The third-order valence-corrected chi connectivity index (χ3v) is 2.97. The van der Waals surface area contributed by atoms with E-state index >= 15 is 0 Å². The fourth-order valence-corrected chi connectivity index (χ4v) is 1.88. The topological polar surface area (TPSA) is 41.1 Å². The van der Waals surface area contributed by atoms with Crippen LogP contribution < -0.4 is 10.2 Å². The number of hydrogen-bond acceptors (Lipinski definition) is 4. The largest absolute Gasteiger partial charge is 0.369 e. The van der Waals surface area contributed by atoms with E-state index in [0.717, 1.165) is 41.3 Å². The highest BCUT2D eigenvalue weighted by Crippen LogP contribution is 2.26. The molecule has 4 nitrogen and oxygen atoms in total. The van der Waals surface area contributed by atoms with E-state index in [1.807, 2.05) is 19.0 Å². The third kappa shape index (κ3) is 3.07. The zero-order chi connectivity index (χ0) is 12.1. The van der Waals surface area contributed by atoms with Crippen LogP contribution in [0.15, 0.2) is 4.47 Å². The Hall–Kier alpha value is -0.840. The molecule has 1 aromatic heterocycles. The molecule has 1 aromatic rings. The fraction of sp³-hybridized carbons (Fsp3) is 0.636. The summed E-state index contributed by atoms with van der Waals surface area (Å²) in [5.41, 5.74) is 1.07. The van der Waals surface area contributed by atoms with Crippen molar-refractivity contribution in [1.29, 1.82) is 0 Å². The maximum Gasteiger partial charge on any atom is 0.227 e. The molecule has 0 aliphatic heterocycles. The standard InChI is InChI=1S/C11H19BrN4/c1-5-7-8-9(12)10(13-6-2)15-11(14-8)16(3)4/h5-7H2,1-4H3,(H,13,14,15). The van der Waals surface area contributed by atoms with Crippen molar-refractivity contribution in [3.8, 4) is 0 Å². The van der Waals surface area contributed by atoms with Crippen LogP contribution in [-0.2, 0) is 6.42 Å². The highest BCUT2D eigenvalue weighted by Gasteiger charge is 2.12. The molecule has 0 amide bonds. The number of aromatic nitrogens is 2. The molecule has 0 unspecified atom stereocenters. The molecule has 0 saturated carbocycles. The second-order valence-electron chi connectivity index (χ2n) is 3.81. The lowest BCUT2D eigenvalue weighted by Gasteiger charge is -2.15. The molecule has 1 heterocycles. The lowest BCUT2D eigenvalue weighted by Crippen LogP contribution is -2.16. The number of nitrogens with one attached hydrogen (secondary N) is 1. The van der Waals surface area contributed by atoms with Gasteiger partial charge in [0.25, 0.3) is 0 Å². The van der Waals surface area contributed by atoms with Crippen molar-refractivity contribution in [2.24, 2.45) is 0 Å². The van der Waals surface area contributed by atoms with Gasteiger partial charge in [0.1, 0.15) is 5.82 Å². The van der Waals surface area contributed by atoms with Crippen molar-refractivity contribution in [3.05, 3.63) is 10.2 Å². The van der Waals surface area contributed by atoms with E-state index in [2.05, 4.69) is 45.1 Å². The van der Waals surface area contributed by atoms with Crippen LogP contribution in [0.2, 0.25) is 0 Å². The quantitative estimate of drug-likeness (QED) is 0.904. The van der Waals surface area contributed by atoms with Crippen LogP contribution in [0.5, 0.6) is 0 Å². The number of halogens is 1. The van der Waals surface area contributed by atoms with Gasteiger partial charge in [-0.05, 0) is 29.3 Å². The summed E-state index contributed by atoms with van der Waals surface area (Å²) in [5.74, 6) is 1.63. The molecule has 0 aliphatic carbocycles. The highest BCUT2D eigenvalue weighted by atomic mass is 79.9. The van der Waals surface area contributed by atoms with E-state index in [9.17, 15) is 0 Å². The van der Waals surface area contributed by atoms with Gasteiger partial charge in [0.2, 0.25) is 5.95 Å². The van der Waals surface area contributed by atoms with Crippen LogP contribution in [0, 0.1) is 0 Å². The zero-order valence-corrected chi connectivity index (χ0v) is 11.9. The number of hydrogen-bond donors (Lipinski definition) is 1. The van der Waals surface area contributed by atoms with Gasteiger partial charge >= 0.3 is 0 Å². The summed E-state index contributed by atoms with van der Waals surface area (Å²) in [5, 5.41) is 3.25. The summed E-state index contributed by atoms with van der Waals surface area (Å²) < 4.78 is 0.988. The predicted octanol–water partition coefficient (Wildman–Crippen LogP) is 2.69. The number of rotatable bonds is 5. The molecule has 0 aliphatic rings. The molecule has 90 valence electrons. The van der Waals surface area contributed by atoms with Gasteiger partial charge in [-0.15, -0.1) is 0 Å². The predicted molar refractivity (Wildman–Crippen MR) is 72.2 cm³/mol. The Morgan fingerprint density at radius 3 is 2.44 bits per heavy atom. The Kier molecular flexibility index (Phi) is 4.99. The monoisotopic (exact) mass is 286 g/mol. The molecule has 0 fully saturated rings. The first-order valence-electron chi connectivity index (χ1n) is 5.57. The fourth-order valence-electron chi connectivity index (χ4n) is 1.37. The zero-order valence-electron chi connectivity index (χ0n) is 10.3. The van der Waals surface area contributed by atoms with Crippen LogP contribution in [0.3, 0.4) is 0 Å². The van der Waals surface area contributed by atoms with Gasteiger partial charge in [0.05, 0.1) is 10.2 Å². The SMILES string of the molecule is CCCc1nc(N(C)C)nc(NCC)c1Br. The maximum atomic E-state index is 4.53. The van der Waals surface area contributed by atoms with Crippen molar-refractivity contribution in [3.63, 3.8) is 0 Å². The van der Waals surface area contributed by atoms with E-state index in [4.69, 9.17) is 0 Å². The number of aryl methyl sites for hydroxylation is 1. The van der Waals surface area contributed by atoms with Crippen LogP contribution in [0.4, 0.5) is 11.8 Å². The summed E-state index contributed by atoms with van der Waals surface area (Å²) in [4.78, 5) is 10.9. The molecule has 5 heteroatoms. The summed E-state index contributed by atoms with van der Waals surface area (Å²) in [6.45, 7) is 5.06. The molecule has 1 rings (SSSR count). The molecule has 0 spiro atoms. The minimum absolute atomic E-state index is 0.752. The molecule has 0 radical (unpaired) electrons. The van der Waals surface area contributed by atoms with Gasteiger partial charge in [0.15, 0.2) is 0 Å². The van der Waals surface area contributed by atoms with Crippen LogP contribution in [-0.4, -0.2) is 30.6 Å². The second kappa shape index (κ2) is 6.03. The van der Waals surface area contributed by atoms with Gasteiger partial charge in [-0.1, -0.05) is 13.3 Å². The summed E-state index contributed by atoms with van der Waals surface area (Å²) >= 11 is 3.56. The molecule has 0 saturated heterocycles. The van der Waals surface area contributed by atoms with Crippen molar-refractivity contribution >= 4 is 27.7 Å². The van der Waals surface area contributed by atoms with Crippen LogP contribution >= 0.6 is 15.9 Å². The lowest BCUT2D eigenvalue weighted by atomic mass is 10.2.